The molecular formula is C27H25ClN2O5S2. The van der Waals surface area contributed by atoms with E-state index in [0.29, 0.717) is 44.1 Å². The summed E-state index contributed by atoms with van der Waals surface area (Å²) in [5.74, 6) is 1.83. The number of hydrogen-bond donors (Lipinski definition) is 1. The molecule has 1 aromatic carbocycles. The smallest absolute Gasteiger partial charge is 0.339 e. The van der Waals surface area contributed by atoms with Gasteiger partial charge in [-0.3, -0.25) is 15.0 Å². The van der Waals surface area contributed by atoms with Crippen LogP contribution < -0.4 is 5.43 Å². The van der Waals surface area contributed by atoms with E-state index < -0.39 is 5.97 Å². The van der Waals surface area contributed by atoms with Crippen LogP contribution in [-0.4, -0.2) is 34.2 Å². The van der Waals surface area contributed by atoms with E-state index in [-0.39, 0.29) is 27.8 Å². The van der Waals surface area contributed by atoms with Gasteiger partial charge in [0.05, 0.1) is 28.0 Å². The van der Waals surface area contributed by atoms with Crippen molar-refractivity contribution in [3.63, 3.8) is 0 Å². The third-order valence-electron chi connectivity index (χ3n) is 8.08. The van der Waals surface area contributed by atoms with Crippen LogP contribution in [0.25, 0.3) is 17.4 Å². The van der Waals surface area contributed by atoms with E-state index in [0.717, 1.165) is 31.0 Å². The van der Waals surface area contributed by atoms with Crippen LogP contribution in [0.1, 0.15) is 54.6 Å². The summed E-state index contributed by atoms with van der Waals surface area (Å²) in [6.45, 7) is 0. The molecule has 4 saturated carbocycles. The van der Waals surface area contributed by atoms with Crippen molar-refractivity contribution >= 4 is 63.8 Å². The molecule has 1 N–H and O–H groups in total. The number of nitrogens with one attached hydrogen (secondary N) is 1. The van der Waals surface area contributed by atoms with Gasteiger partial charge in [-0.1, -0.05) is 23.4 Å². The summed E-state index contributed by atoms with van der Waals surface area (Å²) in [5, 5.41) is 1.49. The molecule has 0 radical (unpaired) electrons. The summed E-state index contributed by atoms with van der Waals surface area (Å²) in [5.41, 5.74) is 3.36. The van der Waals surface area contributed by atoms with Crippen molar-refractivity contribution < 1.29 is 23.5 Å². The van der Waals surface area contributed by atoms with Crippen molar-refractivity contribution in [3.8, 4) is 11.3 Å². The summed E-state index contributed by atoms with van der Waals surface area (Å²) in [6, 6.07) is 8.39. The van der Waals surface area contributed by atoms with Gasteiger partial charge in [0, 0.05) is 11.6 Å². The minimum absolute atomic E-state index is 0.0754. The average Bonchev–Trinajstić information content (AvgIpc) is 3.43. The third kappa shape index (κ3) is 4.41. The maximum absolute atomic E-state index is 13.4. The van der Waals surface area contributed by atoms with Crippen LogP contribution in [0.5, 0.6) is 0 Å². The lowest BCUT2D eigenvalue weighted by Gasteiger charge is -2.55. The first kappa shape index (κ1) is 24.7. The van der Waals surface area contributed by atoms with E-state index >= 15 is 0 Å². The summed E-state index contributed by atoms with van der Waals surface area (Å²) in [4.78, 5) is 38.9. The van der Waals surface area contributed by atoms with Gasteiger partial charge in [-0.25, -0.2) is 4.79 Å². The summed E-state index contributed by atoms with van der Waals surface area (Å²) >= 11 is 12.7. The lowest BCUT2D eigenvalue weighted by molar-refractivity contribution is -0.152. The SMILES string of the molecule is COC(=O)c1cc(-c2ccc(/C=C3/SC(=S)N(NC(=O)C45CC6CC(CC(C6)C4)C5)C3=O)o2)ccc1Cl. The highest BCUT2D eigenvalue weighted by atomic mass is 35.5. The molecule has 1 aromatic heterocycles. The number of rotatable bonds is 5. The number of thioether (sulfide) groups is 1. The minimum Gasteiger partial charge on any atom is -0.465 e. The molecule has 4 bridgehead atoms. The molecule has 4 aliphatic carbocycles. The van der Waals surface area contributed by atoms with Crippen molar-refractivity contribution in [2.75, 3.05) is 7.11 Å². The Kier molecular flexibility index (Phi) is 6.20. The lowest BCUT2D eigenvalue weighted by atomic mass is 9.49. The zero-order valence-corrected chi connectivity index (χ0v) is 22.5. The van der Waals surface area contributed by atoms with Gasteiger partial charge in [0.2, 0.25) is 5.91 Å². The number of methoxy groups -OCH3 is 1. The first-order chi connectivity index (χ1) is 17.7. The quantitative estimate of drug-likeness (QED) is 0.281. The number of benzene rings is 1. The molecule has 7 nitrogen and oxygen atoms in total. The molecule has 1 saturated heterocycles. The Labute approximate surface area is 228 Å². The molecule has 0 spiro atoms. The van der Waals surface area contributed by atoms with Crippen molar-refractivity contribution in [2.24, 2.45) is 23.2 Å². The number of thiocarbonyl (C=S) groups is 1. The number of halogens is 1. The Morgan fingerprint density at radius 2 is 1.84 bits per heavy atom. The maximum atomic E-state index is 13.4. The maximum Gasteiger partial charge on any atom is 0.339 e. The Morgan fingerprint density at radius 1 is 1.16 bits per heavy atom. The minimum atomic E-state index is -0.544. The summed E-state index contributed by atoms with van der Waals surface area (Å²) in [6.07, 6.45) is 8.05. The van der Waals surface area contributed by atoms with Crippen LogP contribution in [0, 0.1) is 23.2 Å². The number of esters is 1. The molecule has 2 heterocycles. The molecule has 1 aliphatic heterocycles. The van der Waals surface area contributed by atoms with Crippen molar-refractivity contribution in [1.82, 2.24) is 10.4 Å². The predicted octanol–water partition coefficient (Wildman–Crippen LogP) is 5.84. The topological polar surface area (TPSA) is 88.9 Å². The largest absolute Gasteiger partial charge is 0.465 e. The number of hydrazine groups is 1. The Hall–Kier alpha value is -2.62. The molecule has 5 aliphatic rings. The number of hydrogen-bond acceptors (Lipinski definition) is 7. The van der Waals surface area contributed by atoms with Crippen molar-refractivity contribution in [3.05, 3.63) is 51.6 Å². The molecular weight excluding hydrogens is 532 g/mol. The van der Waals surface area contributed by atoms with Crippen molar-refractivity contribution in [2.45, 2.75) is 38.5 Å². The number of furan rings is 1. The standard InChI is InChI=1S/C27H25ClN2O5S2/c1-34-24(32)19-9-17(2-4-20(19)28)21-5-3-18(35-21)10-22-23(31)30(26(36)37-22)29-25(33)27-11-14-6-15(12-27)8-16(7-14)13-27/h2-5,9-10,14-16H,6-8,11-13H2,1H3,(H,29,33)/b22-10+. The highest BCUT2D eigenvalue weighted by molar-refractivity contribution is 8.26. The van der Waals surface area contributed by atoms with Gasteiger partial charge in [0.1, 0.15) is 11.5 Å². The number of amides is 2. The van der Waals surface area contributed by atoms with Gasteiger partial charge >= 0.3 is 5.97 Å². The fourth-order valence-electron chi connectivity index (χ4n) is 6.83. The number of carbonyl (C=O) groups is 3. The first-order valence-corrected chi connectivity index (χ1v) is 13.9. The average molecular weight is 557 g/mol. The lowest BCUT2D eigenvalue weighted by Crippen LogP contribution is -2.57. The van der Waals surface area contributed by atoms with Gasteiger partial charge in [0.25, 0.3) is 5.91 Å². The van der Waals surface area contributed by atoms with E-state index in [4.69, 9.17) is 33.0 Å². The molecule has 37 heavy (non-hydrogen) atoms. The Morgan fingerprint density at radius 3 is 2.49 bits per heavy atom. The Bertz CT molecular complexity index is 1330. The molecule has 0 atom stereocenters. The van der Waals surface area contributed by atoms with Gasteiger partial charge in [-0.15, -0.1) is 0 Å². The normalized spacial score (nSPS) is 29.3. The number of ether oxygens (including phenoxy) is 1. The molecule has 0 unspecified atom stereocenters. The second-order valence-electron chi connectivity index (χ2n) is 10.5. The van der Waals surface area contributed by atoms with E-state index in [9.17, 15) is 14.4 Å². The molecule has 5 fully saturated rings. The highest BCUT2D eigenvalue weighted by Gasteiger charge is 2.55. The summed E-state index contributed by atoms with van der Waals surface area (Å²) in [7, 11) is 1.29. The van der Waals surface area contributed by atoms with E-state index in [1.807, 2.05) is 0 Å². The monoisotopic (exact) mass is 556 g/mol. The van der Waals surface area contributed by atoms with E-state index in [1.165, 1.54) is 31.4 Å². The van der Waals surface area contributed by atoms with Crippen LogP contribution in [0.15, 0.2) is 39.7 Å². The summed E-state index contributed by atoms with van der Waals surface area (Å²) < 4.78 is 11.0. The fraction of sp³-hybridized carbons (Fsp3) is 0.407. The second kappa shape index (κ2) is 9.29. The third-order valence-corrected chi connectivity index (χ3v) is 9.72. The molecule has 2 aromatic rings. The van der Waals surface area contributed by atoms with Crippen LogP contribution in [0.3, 0.4) is 0 Å². The van der Waals surface area contributed by atoms with Crippen LogP contribution >= 0.6 is 35.6 Å². The van der Waals surface area contributed by atoms with Crippen LogP contribution in [0.4, 0.5) is 0 Å². The highest BCUT2D eigenvalue weighted by Crippen LogP contribution is 2.60. The van der Waals surface area contributed by atoms with Gasteiger partial charge in [-0.2, -0.15) is 5.01 Å². The first-order valence-electron chi connectivity index (χ1n) is 12.3. The van der Waals surface area contributed by atoms with Gasteiger partial charge in [-0.05, 0) is 98.8 Å². The van der Waals surface area contributed by atoms with E-state index in [1.54, 1.807) is 36.4 Å². The number of carbonyl (C=O) groups excluding carboxylic acids is 3. The van der Waals surface area contributed by atoms with Crippen LogP contribution in [-0.2, 0) is 14.3 Å². The molecule has 10 heteroatoms. The fourth-order valence-corrected chi connectivity index (χ4v) is 8.19. The predicted molar refractivity (Wildman–Crippen MR) is 144 cm³/mol. The number of nitrogens with zero attached hydrogens (tertiary/aromatic N) is 1. The molecule has 2 amide bonds. The Balaban J connectivity index is 1.18. The molecule has 192 valence electrons. The second-order valence-corrected chi connectivity index (χ2v) is 12.6. The van der Waals surface area contributed by atoms with Crippen molar-refractivity contribution in [1.29, 1.82) is 0 Å². The van der Waals surface area contributed by atoms with Gasteiger partial charge in [0.15, 0.2) is 4.32 Å². The van der Waals surface area contributed by atoms with E-state index in [2.05, 4.69) is 5.43 Å². The zero-order valence-electron chi connectivity index (χ0n) is 20.1. The van der Waals surface area contributed by atoms with Crippen LogP contribution in [0.2, 0.25) is 5.02 Å². The van der Waals surface area contributed by atoms with Gasteiger partial charge < -0.3 is 9.15 Å². The zero-order chi connectivity index (χ0) is 25.9. The molecule has 7 rings (SSSR count).